The Morgan fingerprint density at radius 3 is 3.11 bits per heavy atom. The number of aliphatic hydroxyl groups excluding tert-OH is 1. The third-order valence-electron chi connectivity index (χ3n) is 3.14. The molecule has 3 rings (SSSR count). The fourth-order valence-corrected chi connectivity index (χ4v) is 3.07. The molecule has 0 aliphatic carbocycles. The van der Waals surface area contributed by atoms with E-state index in [0.29, 0.717) is 36.4 Å². The average Bonchev–Trinajstić information content (AvgIpc) is 3.02. The number of thiazole rings is 1. The van der Waals surface area contributed by atoms with Crippen LogP contribution in [-0.4, -0.2) is 37.8 Å². The zero-order valence-corrected chi connectivity index (χ0v) is 11.3. The maximum absolute atomic E-state index is 9.85. The molecule has 3 N–H and O–H groups in total. The van der Waals surface area contributed by atoms with Gasteiger partial charge in [0.05, 0.1) is 12.1 Å². The number of aliphatic hydroxyl groups is 1. The van der Waals surface area contributed by atoms with Crippen molar-refractivity contribution in [1.29, 1.82) is 0 Å². The van der Waals surface area contributed by atoms with E-state index < -0.39 is 0 Å². The minimum Gasteiger partial charge on any atom is -0.392 e. The Kier molecular flexibility index (Phi) is 3.21. The van der Waals surface area contributed by atoms with Gasteiger partial charge in [0.25, 0.3) is 0 Å². The van der Waals surface area contributed by atoms with Crippen molar-refractivity contribution in [2.75, 3.05) is 12.3 Å². The first-order valence-corrected chi connectivity index (χ1v) is 6.86. The lowest BCUT2D eigenvalue weighted by atomic mass is 10.2. The number of nitrogens with zero attached hydrogens (tertiary/aromatic N) is 4. The summed E-state index contributed by atoms with van der Waals surface area (Å²) in [6, 6.07) is -0.0421. The van der Waals surface area contributed by atoms with Crippen LogP contribution in [0.5, 0.6) is 0 Å². The second-order valence-electron chi connectivity index (χ2n) is 4.68. The lowest BCUT2D eigenvalue weighted by Crippen LogP contribution is -2.24. The van der Waals surface area contributed by atoms with Gasteiger partial charge in [-0.2, -0.15) is 4.98 Å². The predicted octanol–water partition coefficient (Wildman–Crippen LogP) is 0.725. The van der Waals surface area contributed by atoms with E-state index in [1.54, 1.807) is 13.1 Å². The van der Waals surface area contributed by atoms with Crippen LogP contribution in [0.15, 0.2) is 10.7 Å². The number of likely N-dealkylation sites (tertiary alicyclic amines) is 1. The van der Waals surface area contributed by atoms with Gasteiger partial charge in [0.2, 0.25) is 5.89 Å². The van der Waals surface area contributed by atoms with Gasteiger partial charge in [-0.1, -0.05) is 5.16 Å². The largest absolute Gasteiger partial charge is 0.392 e. The van der Waals surface area contributed by atoms with Gasteiger partial charge in [0, 0.05) is 24.2 Å². The Morgan fingerprint density at radius 2 is 2.47 bits per heavy atom. The first kappa shape index (κ1) is 12.5. The normalized spacial score (nSPS) is 24.1. The molecule has 2 aromatic heterocycles. The first-order valence-electron chi connectivity index (χ1n) is 6.04. The molecule has 8 heteroatoms. The first-order chi connectivity index (χ1) is 9.11. The van der Waals surface area contributed by atoms with Gasteiger partial charge in [0.1, 0.15) is 0 Å². The molecule has 1 fully saturated rings. The Hall–Kier alpha value is -1.51. The second-order valence-corrected chi connectivity index (χ2v) is 5.83. The van der Waals surface area contributed by atoms with Crippen molar-refractivity contribution in [3.05, 3.63) is 22.8 Å². The molecule has 0 bridgehead atoms. The van der Waals surface area contributed by atoms with Gasteiger partial charge in [-0.05, 0) is 13.3 Å². The molecule has 0 amide bonds. The highest BCUT2D eigenvalue weighted by Gasteiger charge is 2.35. The fourth-order valence-electron chi connectivity index (χ4n) is 2.36. The topological polar surface area (TPSA) is 101 Å². The quantitative estimate of drug-likeness (QED) is 0.854. The van der Waals surface area contributed by atoms with Crippen molar-refractivity contribution in [3.8, 4) is 0 Å². The molecule has 0 spiro atoms. The molecule has 0 saturated carbocycles. The van der Waals surface area contributed by atoms with Crippen molar-refractivity contribution >= 4 is 16.5 Å². The van der Waals surface area contributed by atoms with Crippen molar-refractivity contribution in [1.82, 2.24) is 20.0 Å². The number of aromatic nitrogens is 3. The van der Waals surface area contributed by atoms with Gasteiger partial charge in [-0.25, -0.2) is 4.98 Å². The van der Waals surface area contributed by atoms with E-state index in [1.165, 1.54) is 11.3 Å². The number of nitrogen functional groups attached to an aromatic ring is 1. The summed E-state index contributed by atoms with van der Waals surface area (Å²) >= 11 is 1.45. The number of β-amino-alcohol motifs (C(OH)–C–C–N with tert-alkyl or cyclic N) is 1. The van der Waals surface area contributed by atoms with Crippen LogP contribution in [0.4, 0.5) is 5.13 Å². The minimum atomic E-state index is -0.373. The molecule has 2 atom stereocenters. The van der Waals surface area contributed by atoms with E-state index in [2.05, 4.69) is 20.0 Å². The van der Waals surface area contributed by atoms with Crippen LogP contribution in [0, 0.1) is 6.92 Å². The van der Waals surface area contributed by atoms with Crippen molar-refractivity contribution < 1.29 is 9.63 Å². The number of anilines is 1. The van der Waals surface area contributed by atoms with E-state index in [0.717, 1.165) is 4.88 Å². The maximum atomic E-state index is 9.85. The van der Waals surface area contributed by atoms with Crippen LogP contribution < -0.4 is 5.73 Å². The number of aryl methyl sites for hydroxylation is 1. The summed E-state index contributed by atoms with van der Waals surface area (Å²) < 4.78 is 5.22. The van der Waals surface area contributed by atoms with Crippen LogP contribution in [0.25, 0.3) is 0 Å². The molecule has 0 radical (unpaired) electrons. The van der Waals surface area contributed by atoms with Crippen LogP contribution in [0.3, 0.4) is 0 Å². The predicted molar refractivity (Wildman–Crippen MR) is 69.3 cm³/mol. The molecule has 0 unspecified atom stereocenters. The van der Waals surface area contributed by atoms with Crippen molar-refractivity contribution in [3.63, 3.8) is 0 Å². The highest BCUT2D eigenvalue weighted by atomic mass is 32.1. The Bertz CT molecular complexity index is 569. The SMILES string of the molecule is Cc1noc([C@H]2C[C@@H](O)CN2Cc2cnc(N)s2)n1. The highest BCUT2D eigenvalue weighted by molar-refractivity contribution is 7.15. The standard InChI is InChI=1S/C11H15N5O2S/c1-6-14-10(18-15-6)9-2-7(17)4-16(9)5-8-3-13-11(12)19-8/h3,7,9,17H,2,4-5H2,1H3,(H2,12,13)/t7-,9-/m1/s1. The van der Waals surface area contributed by atoms with Crippen LogP contribution in [0.1, 0.15) is 29.1 Å². The molecular formula is C11H15N5O2S. The molecule has 102 valence electrons. The molecule has 3 heterocycles. The van der Waals surface area contributed by atoms with E-state index in [1.807, 2.05) is 0 Å². The van der Waals surface area contributed by atoms with Crippen LogP contribution >= 0.6 is 11.3 Å². The monoisotopic (exact) mass is 281 g/mol. The average molecular weight is 281 g/mol. The number of hydrogen-bond acceptors (Lipinski definition) is 8. The summed E-state index contributed by atoms with van der Waals surface area (Å²) in [7, 11) is 0. The van der Waals surface area contributed by atoms with E-state index in [9.17, 15) is 5.11 Å². The number of rotatable bonds is 3. The molecule has 1 saturated heterocycles. The minimum absolute atomic E-state index is 0.0421. The lowest BCUT2D eigenvalue weighted by molar-refractivity contribution is 0.170. The summed E-state index contributed by atoms with van der Waals surface area (Å²) in [4.78, 5) is 11.5. The van der Waals surface area contributed by atoms with Gasteiger partial charge < -0.3 is 15.4 Å². The molecule has 7 nitrogen and oxygen atoms in total. The van der Waals surface area contributed by atoms with Crippen LogP contribution in [0.2, 0.25) is 0 Å². The summed E-state index contributed by atoms with van der Waals surface area (Å²) in [5, 5.41) is 14.2. The van der Waals surface area contributed by atoms with Gasteiger partial charge >= 0.3 is 0 Å². The zero-order chi connectivity index (χ0) is 13.4. The molecule has 1 aliphatic heterocycles. The molecular weight excluding hydrogens is 266 g/mol. The Labute approximate surface area is 114 Å². The van der Waals surface area contributed by atoms with E-state index >= 15 is 0 Å². The number of hydrogen-bond donors (Lipinski definition) is 2. The third kappa shape index (κ3) is 2.60. The van der Waals surface area contributed by atoms with E-state index in [4.69, 9.17) is 10.3 Å². The smallest absolute Gasteiger partial charge is 0.244 e. The Morgan fingerprint density at radius 1 is 1.63 bits per heavy atom. The van der Waals surface area contributed by atoms with Gasteiger partial charge in [-0.15, -0.1) is 11.3 Å². The number of nitrogens with two attached hydrogens (primary N) is 1. The summed E-state index contributed by atoms with van der Waals surface area (Å²) in [5.74, 6) is 1.17. The van der Waals surface area contributed by atoms with Crippen molar-refractivity contribution in [2.45, 2.75) is 32.0 Å². The maximum Gasteiger partial charge on any atom is 0.244 e. The summed E-state index contributed by atoms with van der Waals surface area (Å²) in [6.45, 7) is 3.05. The fraction of sp³-hybridized carbons (Fsp3) is 0.545. The molecule has 19 heavy (non-hydrogen) atoms. The van der Waals surface area contributed by atoms with Gasteiger partial charge in [0.15, 0.2) is 11.0 Å². The second kappa shape index (κ2) is 4.87. The molecule has 1 aliphatic rings. The zero-order valence-electron chi connectivity index (χ0n) is 10.5. The summed E-state index contributed by atoms with van der Waals surface area (Å²) in [6.07, 6.45) is 2.00. The summed E-state index contributed by atoms with van der Waals surface area (Å²) in [5.41, 5.74) is 5.63. The highest BCUT2D eigenvalue weighted by Crippen LogP contribution is 2.33. The van der Waals surface area contributed by atoms with Crippen LogP contribution in [-0.2, 0) is 6.54 Å². The third-order valence-corrected chi connectivity index (χ3v) is 3.95. The lowest BCUT2D eigenvalue weighted by Gasteiger charge is -2.19. The Balaban J connectivity index is 1.78. The molecule has 0 aromatic carbocycles. The van der Waals surface area contributed by atoms with Gasteiger partial charge in [-0.3, -0.25) is 4.90 Å². The van der Waals surface area contributed by atoms with E-state index in [-0.39, 0.29) is 12.1 Å². The molecule has 2 aromatic rings. The van der Waals surface area contributed by atoms with Crippen molar-refractivity contribution in [2.24, 2.45) is 0 Å².